The van der Waals surface area contributed by atoms with E-state index in [-0.39, 0.29) is 34.9 Å². The molecule has 5 nitrogen and oxygen atoms in total. The highest BCUT2D eigenvalue weighted by Gasteiger charge is 2.21. The third-order valence-electron chi connectivity index (χ3n) is 6.07. The van der Waals surface area contributed by atoms with E-state index in [9.17, 15) is 9.59 Å². The predicted octanol–water partition coefficient (Wildman–Crippen LogP) is 6.46. The molecule has 36 heavy (non-hydrogen) atoms. The van der Waals surface area contributed by atoms with Gasteiger partial charge in [0.05, 0.1) is 5.39 Å². The topological polar surface area (TPSA) is 68.5 Å². The molecule has 0 bridgehead atoms. The highest BCUT2D eigenvalue weighted by molar-refractivity contribution is 6.32. The van der Waals surface area contributed by atoms with Gasteiger partial charge in [-0.15, -0.1) is 0 Å². The Morgan fingerprint density at radius 2 is 1.72 bits per heavy atom. The Labute approximate surface area is 216 Å². The van der Waals surface area contributed by atoms with Crippen molar-refractivity contribution in [2.75, 3.05) is 13.2 Å². The molecule has 0 aliphatic carbocycles. The van der Waals surface area contributed by atoms with E-state index in [2.05, 4.69) is 26.1 Å². The Kier molecular flexibility index (Phi) is 7.51. The van der Waals surface area contributed by atoms with Crippen LogP contribution in [0.5, 0.6) is 5.75 Å². The molecule has 186 valence electrons. The van der Waals surface area contributed by atoms with Gasteiger partial charge in [-0.2, -0.15) is 0 Å². The van der Waals surface area contributed by atoms with Crippen molar-refractivity contribution < 1.29 is 13.9 Å². The normalized spacial score (nSPS) is 11.5. The summed E-state index contributed by atoms with van der Waals surface area (Å²) in [4.78, 5) is 25.9. The lowest BCUT2D eigenvalue weighted by Crippen LogP contribution is -2.31. The lowest BCUT2D eigenvalue weighted by Gasteiger charge is -2.19. The van der Waals surface area contributed by atoms with Crippen LogP contribution in [0, 0.1) is 6.92 Å². The zero-order chi connectivity index (χ0) is 25.9. The molecule has 1 N–H and O–H groups in total. The van der Waals surface area contributed by atoms with Gasteiger partial charge in [0.25, 0.3) is 5.91 Å². The fraction of sp³-hybridized carbons (Fsp3) is 0.267. The number of hydrogen-bond acceptors (Lipinski definition) is 4. The van der Waals surface area contributed by atoms with Gasteiger partial charge in [-0.3, -0.25) is 9.59 Å². The number of rotatable bonds is 7. The van der Waals surface area contributed by atoms with Crippen molar-refractivity contribution in [3.8, 4) is 17.1 Å². The Morgan fingerprint density at radius 1 is 1.03 bits per heavy atom. The van der Waals surface area contributed by atoms with Crippen LogP contribution in [0.1, 0.15) is 37.5 Å². The summed E-state index contributed by atoms with van der Waals surface area (Å²) in [7, 11) is 0. The number of carbonyl (C=O) groups excluding carboxylic acids is 1. The molecule has 0 aliphatic rings. The van der Waals surface area contributed by atoms with E-state index in [1.807, 2.05) is 61.5 Å². The molecular weight excluding hydrogens is 474 g/mol. The smallest absolute Gasteiger partial charge is 0.257 e. The van der Waals surface area contributed by atoms with Gasteiger partial charge < -0.3 is 14.5 Å². The predicted molar refractivity (Wildman–Crippen MR) is 145 cm³/mol. The second-order valence-electron chi connectivity index (χ2n) is 9.89. The third kappa shape index (κ3) is 5.80. The number of nitrogens with one attached hydrogen (secondary N) is 1. The van der Waals surface area contributed by atoms with Crippen molar-refractivity contribution in [1.29, 1.82) is 0 Å². The maximum atomic E-state index is 13.4. The summed E-state index contributed by atoms with van der Waals surface area (Å²) in [5.41, 5.74) is 3.79. The average Bonchev–Trinajstić information content (AvgIpc) is 2.85. The van der Waals surface area contributed by atoms with Crippen molar-refractivity contribution in [2.45, 2.75) is 39.5 Å². The molecule has 4 aromatic rings. The molecule has 0 fully saturated rings. The quantitative estimate of drug-likeness (QED) is 0.314. The highest BCUT2D eigenvalue weighted by Crippen LogP contribution is 2.34. The first kappa shape index (κ1) is 25.5. The van der Waals surface area contributed by atoms with Gasteiger partial charge in [0.2, 0.25) is 11.2 Å². The van der Waals surface area contributed by atoms with E-state index >= 15 is 0 Å². The Morgan fingerprint density at radius 3 is 2.39 bits per heavy atom. The summed E-state index contributed by atoms with van der Waals surface area (Å²) < 4.78 is 12.0. The number of aryl methyl sites for hydroxylation is 1. The molecule has 0 aliphatic heterocycles. The second kappa shape index (κ2) is 10.6. The molecule has 3 aromatic carbocycles. The van der Waals surface area contributed by atoms with Gasteiger partial charge in [-0.1, -0.05) is 87.0 Å². The first-order valence-corrected chi connectivity index (χ1v) is 12.3. The number of amides is 1. The van der Waals surface area contributed by atoms with Crippen LogP contribution in [0.4, 0.5) is 0 Å². The van der Waals surface area contributed by atoms with E-state index in [0.717, 1.165) is 16.7 Å². The lowest BCUT2D eigenvalue weighted by atomic mass is 9.86. The van der Waals surface area contributed by atoms with Gasteiger partial charge in [-0.25, -0.2) is 0 Å². The zero-order valence-electron chi connectivity index (χ0n) is 21.0. The van der Waals surface area contributed by atoms with Crippen molar-refractivity contribution in [2.24, 2.45) is 0 Å². The maximum absolute atomic E-state index is 13.4. The third-order valence-corrected chi connectivity index (χ3v) is 6.48. The van der Waals surface area contributed by atoms with E-state index < -0.39 is 0 Å². The van der Waals surface area contributed by atoms with Gasteiger partial charge in [0.1, 0.15) is 5.58 Å². The Balaban J connectivity index is 1.62. The Hall–Kier alpha value is -3.57. The maximum Gasteiger partial charge on any atom is 0.257 e. The van der Waals surface area contributed by atoms with Crippen LogP contribution < -0.4 is 15.5 Å². The summed E-state index contributed by atoms with van der Waals surface area (Å²) in [6.07, 6.45) is 0.702. The van der Waals surface area contributed by atoms with Crippen LogP contribution >= 0.6 is 11.6 Å². The molecule has 6 heteroatoms. The second-order valence-corrected chi connectivity index (χ2v) is 10.3. The van der Waals surface area contributed by atoms with E-state index in [4.69, 9.17) is 20.8 Å². The number of halogens is 1. The summed E-state index contributed by atoms with van der Waals surface area (Å²) in [6.45, 7) is 8.41. The molecule has 0 atom stereocenters. The first-order valence-electron chi connectivity index (χ1n) is 11.9. The fourth-order valence-electron chi connectivity index (χ4n) is 3.92. The number of hydrogen-bond donors (Lipinski definition) is 1. The molecule has 1 aromatic heterocycles. The van der Waals surface area contributed by atoms with Crippen LogP contribution in [0.2, 0.25) is 5.02 Å². The van der Waals surface area contributed by atoms with Crippen molar-refractivity contribution in [3.05, 3.63) is 98.7 Å². The minimum Gasteiger partial charge on any atom is -0.476 e. The number of benzene rings is 3. The highest BCUT2D eigenvalue weighted by atomic mass is 35.5. The molecule has 0 radical (unpaired) electrons. The summed E-state index contributed by atoms with van der Waals surface area (Å²) >= 11 is 6.28. The van der Waals surface area contributed by atoms with Crippen LogP contribution in [0.3, 0.4) is 0 Å². The lowest BCUT2D eigenvalue weighted by molar-refractivity contribution is -0.123. The SMILES string of the molecule is Cc1cc2oc(-c3ccc(C(C)(C)C)cc3)c(OCC(=O)NCCc3ccccc3)c(=O)c2cc1Cl. The van der Waals surface area contributed by atoms with Crippen LogP contribution in [-0.4, -0.2) is 19.1 Å². The monoisotopic (exact) mass is 503 g/mol. The van der Waals surface area contributed by atoms with Crippen LogP contribution in [0.25, 0.3) is 22.3 Å². The minimum absolute atomic E-state index is 0.0101. The van der Waals surface area contributed by atoms with Gasteiger partial charge in [-0.05, 0) is 47.6 Å². The number of ether oxygens (including phenoxy) is 1. The van der Waals surface area contributed by atoms with E-state index in [0.29, 0.717) is 34.5 Å². The molecule has 0 saturated heterocycles. The Bertz CT molecular complexity index is 1430. The minimum atomic E-state index is -0.370. The molecule has 1 heterocycles. The van der Waals surface area contributed by atoms with Crippen LogP contribution in [-0.2, 0) is 16.6 Å². The molecule has 4 rings (SSSR count). The zero-order valence-corrected chi connectivity index (χ0v) is 21.7. The number of fused-ring (bicyclic) bond motifs is 1. The molecule has 0 spiro atoms. The van der Waals surface area contributed by atoms with Crippen molar-refractivity contribution in [1.82, 2.24) is 5.32 Å². The molecular formula is C30H30ClNO4. The molecule has 0 unspecified atom stereocenters. The first-order chi connectivity index (χ1) is 17.1. The fourth-order valence-corrected chi connectivity index (χ4v) is 4.08. The average molecular weight is 504 g/mol. The van der Waals surface area contributed by atoms with Gasteiger partial charge >= 0.3 is 0 Å². The van der Waals surface area contributed by atoms with E-state index in [1.54, 1.807) is 12.1 Å². The van der Waals surface area contributed by atoms with Crippen LogP contribution in [0.15, 0.2) is 75.9 Å². The van der Waals surface area contributed by atoms with E-state index in [1.165, 1.54) is 0 Å². The molecule has 0 saturated carbocycles. The molecule has 1 amide bonds. The summed E-state index contributed by atoms with van der Waals surface area (Å²) in [6, 6.07) is 21.0. The van der Waals surface area contributed by atoms with Crippen molar-refractivity contribution >= 4 is 28.5 Å². The standard InChI is InChI=1S/C30H30ClNO4/c1-19-16-25-23(17-24(19)31)27(34)29(28(36-25)21-10-12-22(13-11-21)30(2,3)4)35-18-26(33)32-15-14-20-8-6-5-7-9-20/h5-13,16-17H,14-15,18H2,1-4H3,(H,32,33). The van der Waals surface area contributed by atoms with Gasteiger partial charge in [0.15, 0.2) is 12.4 Å². The van der Waals surface area contributed by atoms with Gasteiger partial charge in [0, 0.05) is 17.1 Å². The summed E-state index contributed by atoms with van der Waals surface area (Å²) in [5.74, 6) is -0.0442. The largest absolute Gasteiger partial charge is 0.476 e. The number of carbonyl (C=O) groups is 1. The summed E-state index contributed by atoms with van der Waals surface area (Å²) in [5, 5.41) is 3.61. The van der Waals surface area contributed by atoms with Crippen molar-refractivity contribution in [3.63, 3.8) is 0 Å².